The van der Waals surface area contributed by atoms with E-state index in [9.17, 15) is 4.79 Å². The zero-order valence-electron chi connectivity index (χ0n) is 18.5. The smallest absolute Gasteiger partial charge is 0.264 e. The van der Waals surface area contributed by atoms with Gasteiger partial charge in [0, 0.05) is 72.6 Å². The Hall–Kier alpha value is -2.61. The first-order chi connectivity index (χ1) is 16.2. The zero-order valence-corrected chi connectivity index (χ0v) is 19.3. The molecular weight excluding hydrogens is 438 g/mol. The molecule has 33 heavy (non-hydrogen) atoms. The Morgan fingerprint density at radius 1 is 1.09 bits per heavy atom. The topological polar surface area (TPSA) is 73.5 Å². The van der Waals surface area contributed by atoms with Crippen LogP contribution in [0.2, 0.25) is 5.02 Å². The normalized spacial score (nSPS) is 21.8. The third kappa shape index (κ3) is 3.88. The van der Waals surface area contributed by atoms with Crippen molar-refractivity contribution < 1.29 is 9.53 Å². The van der Waals surface area contributed by atoms with E-state index in [0.29, 0.717) is 17.5 Å². The highest BCUT2D eigenvalue weighted by Crippen LogP contribution is 2.43. The van der Waals surface area contributed by atoms with Gasteiger partial charge >= 0.3 is 0 Å². The lowest BCUT2D eigenvalue weighted by atomic mass is 9.99. The van der Waals surface area contributed by atoms with Crippen LogP contribution in [0.5, 0.6) is 5.75 Å². The number of aromatic nitrogens is 2. The number of fused-ring (bicyclic) bond motifs is 2. The molecule has 7 nitrogen and oxygen atoms in total. The van der Waals surface area contributed by atoms with Crippen molar-refractivity contribution in [1.29, 1.82) is 0 Å². The van der Waals surface area contributed by atoms with Crippen LogP contribution in [0.25, 0.3) is 22.2 Å². The van der Waals surface area contributed by atoms with E-state index in [1.54, 1.807) is 6.20 Å². The van der Waals surface area contributed by atoms with Crippen LogP contribution in [0.4, 0.5) is 0 Å². The summed E-state index contributed by atoms with van der Waals surface area (Å²) in [4.78, 5) is 25.5. The van der Waals surface area contributed by atoms with E-state index < -0.39 is 6.10 Å². The van der Waals surface area contributed by atoms with Gasteiger partial charge in [-0.25, -0.2) is 4.98 Å². The number of rotatable bonds is 3. The average molecular weight is 466 g/mol. The van der Waals surface area contributed by atoms with Crippen molar-refractivity contribution in [3.8, 4) is 16.9 Å². The number of nitrogens with zero attached hydrogens (tertiary/aromatic N) is 3. The number of hydrogen-bond acceptors (Lipinski definition) is 5. The lowest BCUT2D eigenvalue weighted by Crippen LogP contribution is -2.55. The number of carbonyl (C=O) groups excluding carboxylic acids is 1. The summed E-state index contributed by atoms with van der Waals surface area (Å²) in [6.07, 6.45) is 6.11. The van der Waals surface area contributed by atoms with Crippen LogP contribution in [0.15, 0.2) is 36.7 Å². The highest BCUT2D eigenvalue weighted by Gasteiger charge is 2.36. The van der Waals surface area contributed by atoms with E-state index in [1.807, 2.05) is 35.4 Å². The fourth-order valence-electron chi connectivity index (χ4n) is 5.54. The first kappa shape index (κ1) is 21.0. The Labute approximate surface area is 198 Å². The Balaban J connectivity index is 1.20. The van der Waals surface area contributed by atoms with E-state index in [4.69, 9.17) is 16.3 Å². The third-order valence-corrected chi connectivity index (χ3v) is 7.49. The monoisotopic (exact) mass is 465 g/mol. The van der Waals surface area contributed by atoms with Crippen LogP contribution >= 0.6 is 11.6 Å². The molecule has 172 valence electrons. The maximum Gasteiger partial charge on any atom is 0.264 e. The number of H-pyrrole nitrogens is 1. The van der Waals surface area contributed by atoms with Crippen molar-refractivity contribution in [2.24, 2.45) is 0 Å². The number of piperidine rings is 1. The quantitative estimate of drug-likeness (QED) is 0.622. The minimum Gasteiger partial charge on any atom is -0.479 e. The molecule has 1 aromatic carbocycles. The summed E-state index contributed by atoms with van der Waals surface area (Å²) in [7, 11) is 0. The summed E-state index contributed by atoms with van der Waals surface area (Å²) in [6, 6.07) is 8.47. The predicted octanol–water partition coefficient (Wildman–Crippen LogP) is 3.08. The molecular formula is C25H28ClN5O2. The van der Waals surface area contributed by atoms with Gasteiger partial charge in [0.25, 0.3) is 5.91 Å². The van der Waals surface area contributed by atoms with Crippen LogP contribution in [0.1, 0.15) is 18.4 Å². The minimum atomic E-state index is -0.494. The van der Waals surface area contributed by atoms with Gasteiger partial charge in [-0.1, -0.05) is 11.6 Å². The molecule has 0 bridgehead atoms. The Kier molecular flexibility index (Phi) is 5.48. The number of hydrogen-bond donors (Lipinski definition) is 2. The highest BCUT2D eigenvalue weighted by molar-refractivity contribution is 6.31. The fourth-order valence-corrected chi connectivity index (χ4v) is 5.78. The molecule has 5 heterocycles. The molecule has 3 aliphatic heterocycles. The Bertz CT molecular complexity index is 1180. The van der Waals surface area contributed by atoms with Crippen molar-refractivity contribution in [3.05, 3.63) is 47.2 Å². The SMILES string of the molecule is O=C([C@@H]1Cc2cc(Cl)cc(-c3ccnc4[nH]ccc34)c2O1)N1CCN(C2CCNCC2)CC1. The molecule has 0 spiro atoms. The largest absolute Gasteiger partial charge is 0.479 e. The maximum absolute atomic E-state index is 13.4. The van der Waals surface area contributed by atoms with Gasteiger partial charge < -0.3 is 19.9 Å². The number of nitrogens with one attached hydrogen (secondary N) is 2. The second-order valence-corrected chi connectivity index (χ2v) is 9.63. The molecule has 2 saturated heterocycles. The number of amides is 1. The molecule has 0 aliphatic carbocycles. The number of piperazine rings is 1. The molecule has 2 fully saturated rings. The fraction of sp³-hybridized carbons (Fsp3) is 0.440. The number of ether oxygens (including phenoxy) is 1. The lowest BCUT2D eigenvalue weighted by molar-refractivity contribution is -0.140. The van der Waals surface area contributed by atoms with Crippen molar-refractivity contribution in [3.63, 3.8) is 0 Å². The van der Waals surface area contributed by atoms with E-state index in [0.717, 1.165) is 72.7 Å². The summed E-state index contributed by atoms with van der Waals surface area (Å²) < 4.78 is 6.33. The van der Waals surface area contributed by atoms with Gasteiger partial charge in [0.1, 0.15) is 11.4 Å². The number of halogens is 1. The number of pyridine rings is 1. The molecule has 0 radical (unpaired) electrons. The molecule has 0 unspecified atom stereocenters. The van der Waals surface area contributed by atoms with Crippen LogP contribution in [-0.2, 0) is 11.2 Å². The van der Waals surface area contributed by atoms with E-state index in [2.05, 4.69) is 20.2 Å². The molecule has 1 amide bonds. The number of benzene rings is 1. The summed E-state index contributed by atoms with van der Waals surface area (Å²) in [5.41, 5.74) is 3.72. The van der Waals surface area contributed by atoms with Crippen molar-refractivity contribution in [1.82, 2.24) is 25.1 Å². The zero-order chi connectivity index (χ0) is 22.4. The van der Waals surface area contributed by atoms with Crippen LogP contribution < -0.4 is 10.1 Å². The van der Waals surface area contributed by atoms with Gasteiger partial charge in [-0.15, -0.1) is 0 Å². The molecule has 3 aliphatic rings. The third-order valence-electron chi connectivity index (χ3n) is 7.27. The summed E-state index contributed by atoms with van der Waals surface area (Å²) >= 11 is 6.49. The van der Waals surface area contributed by atoms with E-state index >= 15 is 0 Å². The molecule has 0 saturated carbocycles. The highest BCUT2D eigenvalue weighted by atomic mass is 35.5. The van der Waals surface area contributed by atoms with Gasteiger partial charge in [0.15, 0.2) is 6.10 Å². The molecule has 2 aromatic heterocycles. The van der Waals surface area contributed by atoms with Gasteiger partial charge in [0.2, 0.25) is 0 Å². The van der Waals surface area contributed by atoms with Gasteiger partial charge in [-0.3, -0.25) is 9.69 Å². The molecule has 6 rings (SSSR count). The Morgan fingerprint density at radius 3 is 2.73 bits per heavy atom. The van der Waals surface area contributed by atoms with Crippen LogP contribution in [0.3, 0.4) is 0 Å². The second kappa shape index (κ2) is 8.63. The Morgan fingerprint density at radius 2 is 1.91 bits per heavy atom. The van der Waals surface area contributed by atoms with Gasteiger partial charge in [-0.05, 0) is 55.8 Å². The number of carbonyl (C=O) groups is 1. The molecule has 1 atom stereocenters. The van der Waals surface area contributed by atoms with Crippen molar-refractivity contribution >= 4 is 28.5 Å². The molecule has 2 N–H and O–H groups in total. The molecule has 3 aromatic rings. The maximum atomic E-state index is 13.4. The lowest BCUT2D eigenvalue weighted by Gasteiger charge is -2.41. The number of aromatic amines is 1. The van der Waals surface area contributed by atoms with Crippen LogP contribution in [-0.4, -0.2) is 77.1 Å². The van der Waals surface area contributed by atoms with Gasteiger partial charge in [0.05, 0.1) is 0 Å². The van der Waals surface area contributed by atoms with Crippen molar-refractivity contribution in [2.75, 3.05) is 39.3 Å². The minimum absolute atomic E-state index is 0.0831. The summed E-state index contributed by atoms with van der Waals surface area (Å²) in [6.45, 7) is 5.60. The molecule has 8 heteroatoms. The first-order valence-electron chi connectivity index (χ1n) is 11.8. The van der Waals surface area contributed by atoms with E-state index in [-0.39, 0.29) is 5.91 Å². The van der Waals surface area contributed by atoms with Crippen molar-refractivity contribution in [2.45, 2.75) is 31.4 Å². The summed E-state index contributed by atoms with van der Waals surface area (Å²) in [5, 5.41) is 5.09. The average Bonchev–Trinajstić information content (AvgIpc) is 3.51. The summed E-state index contributed by atoms with van der Waals surface area (Å²) in [5.74, 6) is 0.847. The first-order valence-corrected chi connectivity index (χ1v) is 12.2. The van der Waals surface area contributed by atoms with Crippen LogP contribution in [0, 0.1) is 0 Å². The van der Waals surface area contributed by atoms with Gasteiger partial charge in [-0.2, -0.15) is 0 Å². The standard InChI is InChI=1S/C25H28ClN5O2/c26-17-13-16-14-22(25(32)31-11-9-30(10-12-31)18-1-5-27-6-2-18)33-23(16)21(15-17)19-3-7-28-24-20(19)4-8-29-24/h3-4,7-8,13,15,18,22,27H,1-2,5-6,9-12,14H2,(H,28,29)/t22-/m0/s1. The van der Waals surface area contributed by atoms with E-state index in [1.165, 1.54) is 12.8 Å². The predicted molar refractivity (Wildman–Crippen MR) is 129 cm³/mol. The second-order valence-electron chi connectivity index (χ2n) is 9.19.